The van der Waals surface area contributed by atoms with E-state index in [1.807, 2.05) is 24.6 Å². The maximum Gasteiger partial charge on any atom is 0.326 e. The summed E-state index contributed by atoms with van der Waals surface area (Å²) in [5.41, 5.74) is 2.35. The molecule has 1 amide bonds. The summed E-state index contributed by atoms with van der Waals surface area (Å²) in [5, 5.41) is 4.02. The highest BCUT2D eigenvalue weighted by Crippen LogP contribution is 2.33. The van der Waals surface area contributed by atoms with Crippen LogP contribution >= 0.6 is 23.2 Å². The minimum Gasteiger partial charge on any atom is -0.464 e. The van der Waals surface area contributed by atoms with Gasteiger partial charge in [-0.3, -0.25) is 13.9 Å². The minimum absolute atomic E-state index is 0.149. The molecule has 1 aliphatic carbocycles. The van der Waals surface area contributed by atoms with E-state index in [2.05, 4.69) is 10.3 Å². The number of aromatic nitrogens is 2. The lowest BCUT2D eigenvalue weighted by molar-refractivity contribution is -0.141. The summed E-state index contributed by atoms with van der Waals surface area (Å²) in [6.07, 6.45) is 6.92. The molecule has 1 N–H and O–H groups in total. The van der Waals surface area contributed by atoms with Crippen molar-refractivity contribution in [3.63, 3.8) is 0 Å². The standard InChI is InChI=1S/C30H30Cl2N4O5S/c1-3-4-11-41-29(37)18-36(42(39,40)25-14-21(31)13-22(32)15-25)24-7-8-27-26(16-24)19(2)17-35(27)28-12-20(9-10-33-28)30(38)34-23-5-6-23/h7-10,12-17,23H,3-6,11,18H2,1-2H3,(H,34,38). The number of benzene rings is 2. The summed E-state index contributed by atoms with van der Waals surface area (Å²) >= 11 is 12.2. The number of unbranched alkanes of at least 4 members (excludes halogenated alkanes) is 1. The van der Waals surface area contributed by atoms with Gasteiger partial charge in [0.15, 0.2) is 0 Å². The van der Waals surface area contributed by atoms with Crippen LogP contribution in [0.4, 0.5) is 5.69 Å². The van der Waals surface area contributed by atoms with Crippen LogP contribution in [0.15, 0.2) is 65.8 Å². The van der Waals surface area contributed by atoms with Crippen LogP contribution < -0.4 is 9.62 Å². The predicted octanol–water partition coefficient (Wildman–Crippen LogP) is 6.07. The van der Waals surface area contributed by atoms with Crippen LogP contribution in [-0.2, 0) is 19.6 Å². The molecule has 0 unspecified atom stereocenters. The Balaban J connectivity index is 1.54. The third kappa shape index (κ3) is 6.56. The van der Waals surface area contributed by atoms with E-state index < -0.39 is 22.5 Å². The third-order valence-corrected chi connectivity index (χ3v) is 9.09. The van der Waals surface area contributed by atoms with Crippen molar-refractivity contribution in [2.75, 3.05) is 17.5 Å². The second-order valence-corrected chi connectivity index (χ2v) is 13.0. The quantitative estimate of drug-likeness (QED) is 0.159. The normalized spacial score (nSPS) is 13.2. The van der Waals surface area contributed by atoms with E-state index in [0.29, 0.717) is 17.8 Å². The summed E-state index contributed by atoms with van der Waals surface area (Å²) in [5.74, 6) is -0.286. The van der Waals surface area contributed by atoms with Gasteiger partial charge >= 0.3 is 5.97 Å². The SMILES string of the molecule is CCCCOC(=O)CN(c1ccc2c(c1)c(C)cn2-c1cc(C(=O)NC2CC2)ccn1)S(=O)(=O)c1cc(Cl)cc(Cl)c1. The molecule has 2 aromatic carbocycles. The Bertz CT molecular complexity index is 1750. The second kappa shape index (κ2) is 12.3. The number of rotatable bonds is 11. The van der Waals surface area contributed by atoms with Crippen LogP contribution in [0.1, 0.15) is 48.5 Å². The van der Waals surface area contributed by atoms with Crippen molar-refractivity contribution >= 4 is 61.7 Å². The zero-order valence-corrected chi connectivity index (χ0v) is 25.5. The number of hydrogen-bond acceptors (Lipinski definition) is 6. The predicted molar refractivity (Wildman–Crippen MR) is 163 cm³/mol. The van der Waals surface area contributed by atoms with Crippen LogP contribution in [0, 0.1) is 6.92 Å². The van der Waals surface area contributed by atoms with Crippen LogP contribution in [0.5, 0.6) is 0 Å². The van der Waals surface area contributed by atoms with Gasteiger partial charge in [-0.1, -0.05) is 36.5 Å². The van der Waals surface area contributed by atoms with E-state index in [9.17, 15) is 18.0 Å². The average Bonchev–Trinajstić information content (AvgIpc) is 3.71. The van der Waals surface area contributed by atoms with Crippen LogP contribution in [0.2, 0.25) is 10.0 Å². The van der Waals surface area contributed by atoms with Crippen molar-refractivity contribution in [2.45, 2.75) is 50.5 Å². The van der Waals surface area contributed by atoms with Gasteiger partial charge in [0, 0.05) is 39.4 Å². The number of carbonyl (C=O) groups excluding carboxylic acids is 2. The molecule has 0 aliphatic heterocycles. The van der Waals surface area contributed by atoms with Crippen molar-refractivity contribution in [1.82, 2.24) is 14.9 Å². The van der Waals surface area contributed by atoms with Crippen molar-refractivity contribution in [2.24, 2.45) is 0 Å². The van der Waals surface area contributed by atoms with Gasteiger partial charge in [-0.25, -0.2) is 13.4 Å². The molecule has 12 heteroatoms. The number of nitrogens with zero attached hydrogens (tertiary/aromatic N) is 3. The van der Waals surface area contributed by atoms with E-state index in [-0.39, 0.29) is 39.2 Å². The number of hydrogen-bond donors (Lipinski definition) is 1. The number of pyridine rings is 1. The minimum atomic E-state index is -4.27. The summed E-state index contributed by atoms with van der Waals surface area (Å²) in [6, 6.07) is 12.7. The molecule has 9 nitrogen and oxygen atoms in total. The number of carbonyl (C=O) groups is 2. The highest BCUT2D eigenvalue weighted by Gasteiger charge is 2.29. The van der Waals surface area contributed by atoms with Gasteiger partial charge in [-0.15, -0.1) is 0 Å². The fraction of sp³-hybridized carbons (Fsp3) is 0.300. The van der Waals surface area contributed by atoms with Gasteiger partial charge in [0.05, 0.1) is 22.7 Å². The van der Waals surface area contributed by atoms with Crippen molar-refractivity contribution in [1.29, 1.82) is 0 Å². The first kappa shape index (κ1) is 29.9. The van der Waals surface area contributed by atoms with Crippen LogP contribution in [0.25, 0.3) is 16.7 Å². The summed E-state index contributed by atoms with van der Waals surface area (Å²) < 4.78 is 35.9. The smallest absolute Gasteiger partial charge is 0.326 e. The zero-order chi connectivity index (χ0) is 30.0. The number of nitrogens with one attached hydrogen (secondary N) is 1. The Morgan fingerprint density at radius 3 is 2.52 bits per heavy atom. The maximum absolute atomic E-state index is 13.9. The first-order valence-corrected chi connectivity index (χ1v) is 15.8. The Kier molecular flexibility index (Phi) is 8.77. The van der Waals surface area contributed by atoms with Crippen LogP contribution in [0.3, 0.4) is 0 Å². The van der Waals surface area contributed by atoms with Crippen molar-refractivity contribution < 1.29 is 22.7 Å². The topological polar surface area (TPSA) is 111 Å². The summed E-state index contributed by atoms with van der Waals surface area (Å²) in [7, 11) is -4.27. The Hall–Kier alpha value is -3.60. The number of amides is 1. The summed E-state index contributed by atoms with van der Waals surface area (Å²) in [6.45, 7) is 3.51. The molecule has 1 fully saturated rings. The lowest BCUT2D eigenvalue weighted by Crippen LogP contribution is -2.36. The molecule has 0 atom stereocenters. The highest BCUT2D eigenvalue weighted by molar-refractivity contribution is 7.92. The molecule has 0 spiro atoms. The van der Waals surface area contributed by atoms with Gasteiger partial charge in [0.1, 0.15) is 12.4 Å². The van der Waals surface area contributed by atoms with Gasteiger partial charge in [0.2, 0.25) is 0 Å². The number of halogens is 2. The van der Waals surface area contributed by atoms with Gasteiger partial charge in [-0.2, -0.15) is 0 Å². The monoisotopic (exact) mass is 628 g/mol. The zero-order valence-electron chi connectivity index (χ0n) is 23.1. The van der Waals surface area contributed by atoms with Crippen LogP contribution in [-0.4, -0.2) is 49.0 Å². The largest absolute Gasteiger partial charge is 0.464 e. The van der Waals surface area contributed by atoms with E-state index in [1.165, 1.54) is 18.2 Å². The van der Waals surface area contributed by atoms with Crippen molar-refractivity contribution in [3.05, 3.63) is 82.1 Å². The van der Waals surface area contributed by atoms with E-state index in [0.717, 1.165) is 40.0 Å². The van der Waals surface area contributed by atoms with Gasteiger partial charge < -0.3 is 14.6 Å². The van der Waals surface area contributed by atoms with Gasteiger partial charge in [0.25, 0.3) is 15.9 Å². The molecular formula is C30H30Cl2N4O5S. The fourth-order valence-electron chi connectivity index (χ4n) is 4.53. The molecule has 0 radical (unpaired) electrons. The lowest BCUT2D eigenvalue weighted by atomic mass is 10.1. The second-order valence-electron chi connectivity index (χ2n) is 10.2. The molecular weight excluding hydrogens is 599 g/mol. The summed E-state index contributed by atoms with van der Waals surface area (Å²) in [4.78, 5) is 29.7. The number of anilines is 1. The first-order valence-electron chi connectivity index (χ1n) is 13.6. The number of ether oxygens (including phenoxy) is 1. The fourth-order valence-corrected chi connectivity index (χ4v) is 6.66. The number of fused-ring (bicyclic) bond motifs is 1. The Labute approximate surface area is 254 Å². The molecule has 1 aliphatic rings. The maximum atomic E-state index is 13.9. The molecule has 2 heterocycles. The third-order valence-electron chi connectivity index (χ3n) is 6.90. The lowest BCUT2D eigenvalue weighted by Gasteiger charge is -2.24. The Morgan fingerprint density at radius 2 is 1.83 bits per heavy atom. The molecule has 220 valence electrons. The molecule has 4 aromatic rings. The number of esters is 1. The average molecular weight is 630 g/mol. The number of sulfonamides is 1. The van der Waals surface area contributed by atoms with E-state index >= 15 is 0 Å². The molecule has 0 bridgehead atoms. The molecule has 0 saturated heterocycles. The first-order chi connectivity index (χ1) is 20.1. The van der Waals surface area contributed by atoms with Gasteiger partial charge in [-0.05, 0) is 80.3 Å². The number of aryl methyl sites for hydroxylation is 1. The van der Waals surface area contributed by atoms with E-state index in [4.69, 9.17) is 27.9 Å². The molecule has 42 heavy (non-hydrogen) atoms. The molecule has 1 saturated carbocycles. The molecule has 2 aromatic heterocycles. The van der Waals surface area contributed by atoms with Crippen molar-refractivity contribution in [3.8, 4) is 5.82 Å². The van der Waals surface area contributed by atoms with E-state index in [1.54, 1.807) is 36.5 Å². The highest BCUT2D eigenvalue weighted by atomic mass is 35.5. The Morgan fingerprint density at radius 1 is 1.10 bits per heavy atom. The molecule has 5 rings (SSSR count).